The van der Waals surface area contributed by atoms with Crippen LogP contribution in [0.3, 0.4) is 0 Å². The van der Waals surface area contributed by atoms with Crippen LogP contribution in [0.2, 0.25) is 0 Å². The first-order valence-electron chi connectivity index (χ1n) is 7.28. The summed E-state index contributed by atoms with van der Waals surface area (Å²) >= 11 is 5.52. The summed E-state index contributed by atoms with van der Waals surface area (Å²) < 4.78 is 1.26. The van der Waals surface area contributed by atoms with E-state index in [1.807, 2.05) is 11.3 Å². The first-order chi connectivity index (χ1) is 9.63. The quantitative estimate of drug-likeness (QED) is 0.703. The molecule has 3 heteroatoms. The molecule has 1 heterocycles. The van der Waals surface area contributed by atoms with Gasteiger partial charge in [0.2, 0.25) is 0 Å². The molecule has 1 aromatic heterocycles. The lowest BCUT2D eigenvalue weighted by Gasteiger charge is -2.25. The van der Waals surface area contributed by atoms with Gasteiger partial charge in [0.05, 0.1) is 9.83 Å². The summed E-state index contributed by atoms with van der Waals surface area (Å²) in [6.45, 7) is 4.49. The topological polar surface area (TPSA) is 12.0 Å². The van der Waals surface area contributed by atoms with Crippen LogP contribution in [0.25, 0.3) is 0 Å². The molecular weight excluding hydrogens is 330 g/mol. The van der Waals surface area contributed by atoms with Gasteiger partial charge >= 0.3 is 0 Å². The Bertz CT molecular complexity index is 603. The van der Waals surface area contributed by atoms with Crippen molar-refractivity contribution in [3.05, 3.63) is 50.1 Å². The van der Waals surface area contributed by atoms with E-state index in [2.05, 4.69) is 65.4 Å². The number of benzene rings is 1. The van der Waals surface area contributed by atoms with Gasteiger partial charge in [-0.15, -0.1) is 11.3 Å². The van der Waals surface area contributed by atoms with Crippen molar-refractivity contribution >= 4 is 33.0 Å². The zero-order chi connectivity index (χ0) is 14.1. The van der Waals surface area contributed by atoms with Crippen LogP contribution >= 0.6 is 27.3 Å². The Morgan fingerprint density at radius 1 is 1.30 bits per heavy atom. The van der Waals surface area contributed by atoms with Crippen LogP contribution in [-0.4, -0.2) is 0 Å². The number of nitrogens with one attached hydrogen (secondary N) is 1. The van der Waals surface area contributed by atoms with Crippen LogP contribution < -0.4 is 5.32 Å². The van der Waals surface area contributed by atoms with Crippen molar-refractivity contribution in [3.8, 4) is 0 Å². The highest BCUT2D eigenvalue weighted by molar-refractivity contribution is 9.11. The van der Waals surface area contributed by atoms with Gasteiger partial charge in [-0.3, -0.25) is 0 Å². The van der Waals surface area contributed by atoms with E-state index in [4.69, 9.17) is 0 Å². The third-order valence-corrected chi connectivity index (χ3v) is 5.69. The minimum absolute atomic E-state index is 0.462. The van der Waals surface area contributed by atoms with Gasteiger partial charge < -0.3 is 5.32 Å². The molecule has 1 aliphatic carbocycles. The van der Waals surface area contributed by atoms with Crippen molar-refractivity contribution in [1.29, 1.82) is 0 Å². The molecule has 0 aliphatic heterocycles. The number of thiophene rings is 1. The summed E-state index contributed by atoms with van der Waals surface area (Å²) in [5.41, 5.74) is 4.14. The minimum Gasteiger partial charge on any atom is -0.378 e. The number of rotatable bonds is 3. The van der Waals surface area contributed by atoms with E-state index >= 15 is 0 Å². The van der Waals surface area contributed by atoms with E-state index in [-0.39, 0.29) is 0 Å². The molecule has 0 amide bonds. The molecule has 0 fully saturated rings. The maximum atomic E-state index is 3.73. The van der Waals surface area contributed by atoms with Gasteiger partial charge in [-0.1, -0.05) is 26.0 Å². The lowest BCUT2D eigenvalue weighted by molar-refractivity contribution is 0.608. The summed E-state index contributed by atoms with van der Waals surface area (Å²) in [6, 6.07) is 11.6. The van der Waals surface area contributed by atoms with Crippen molar-refractivity contribution < 1.29 is 0 Å². The molecular formula is C17H20BrNS. The molecule has 0 radical (unpaired) electrons. The molecule has 1 aromatic carbocycles. The average Bonchev–Trinajstić information content (AvgIpc) is 2.80. The second-order valence-electron chi connectivity index (χ2n) is 5.80. The number of anilines is 1. The van der Waals surface area contributed by atoms with Crippen molar-refractivity contribution in [2.45, 2.75) is 45.1 Å². The fourth-order valence-corrected chi connectivity index (χ4v) is 4.68. The largest absolute Gasteiger partial charge is 0.378 e. The predicted octanol–water partition coefficient (Wildman–Crippen LogP) is 6.12. The zero-order valence-corrected chi connectivity index (χ0v) is 14.4. The molecule has 1 aliphatic rings. The van der Waals surface area contributed by atoms with E-state index in [1.54, 1.807) is 4.88 Å². The lowest BCUT2D eigenvalue weighted by Crippen LogP contribution is -2.15. The molecule has 0 bridgehead atoms. The van der Waals surface area contributed by atoms with Crippen LogP contribution in [0.1, 0.15) is 54.7 Å². The maximum absolute atomic E-state index is 3.73. The number of fused-ring (bicyclic) bond motifs is 1. The van der Waals surface area contributed by atoms with Crippen LogP contribution in [0.15, 0.2) is 34.1 Å². The van der Waals surface area contributed by atoms with E-state index < -0.39 is 0 Å². The van der Waals surface area contributed by atoms with Crippen LogP contribution in [0.5, 0.6) is 0 Å². The Morgan fingerprint density at radius 2 is 2.15 bits per heavy atom. The maximum Gasteiger partial charge on any atom is 0.0705 e. The molecule has 1 nitrogen and oxygen atoms in total. The van der Waals surface area contributed by atoms with Gasteiger partial charge in [-0.25, -0.2) is 0 Å². The second-order valence-corrected chi connectivity index (χ2v) is 8.31. The zero-order valence-electron chi connectivity index (χ0n) is 11.9. The summed E-state index contributed by atoms with van der Waals surface area (Å²) in [6.07, 6.45) is 3.74. The van der Waals surface area contributed by atoms with Gasteiger partial charge in [0.15, 0.2) is 0 Å². The second kappa shape index (κ2) is 5.90. The highest BCUT2D eigenvalue weighted by atomic mass is 79.9. The van der Waals surface area contributed by atoms with Crippen LogP contribution in [-0.2, 0) is 6.42 Å². The van der Waals surface area contributed by atoms with Crippen molar-refractivity contribution in [3.63, 3.8) is 0 Å². The standard InChI is InChI=1S/C17H20BrNS/c1-11(2)12-5-3-6-13(9-12)19-15-7-4-8-16-14(15)10-17(18)20-16/h3,5-6,9-11,15,19H,4,7-8H2,1-2H3. The number of hydrogen-bond donors (Lipinski definition) is 1. The molecule has 20 heavy (non-hydrogen) atoms. The normalized spacial score (nSPS) is 18.1. The molecule has 0 saturated heterocycles. The third kappa shape index (κ3) is 2.94. The fourth-order valence-electron chi connectivity index (χ4n) is 2.86. The van der Waals surface area contributed by atoms with Gasteiger partial charge in [0, 0.05) is 10.6 Å². The van der Waals surface area contributed by atoms with Crippen LogP contribution in [0, 0.1) is 0 Å². The summed E-state index contributed by atoms with van der Waals surface area (Å²) in [7, 11) is 0. The Balaban J connectivity index is 1.83. The molecule has 0 saturated carbocycles. The molecule has 1 atom stereocenters. The first-order valence-corrected chi connectivity index (χ1v) is 8.89. The first kappa shape index (κ1) is 14.2. The van der Waals surface area contributed by atoms with Crippen molar-refractivity contribution in [2.75, 3.05) is 5.32 Å². The smallest absolute Gasteiger partial charge is 0.0705 e. The lowest BCUT2D eigenvalue weighted by atomic mass is 9.93. The number of hydrogen-bond acceptors (Lipinski definition) is 2. The van der Waals surface area contributed by atoms with E-state index in [0.29, 0.717) is 12.0 Å². The van der Waals surface area contributed by atoms with Gasteiger partial charge in [-0.2, -0.15) is 0 Å². The monoisotopic (exact) mass is 349 g/mol. The highest BCUT2D eigenvalue weighted by Crippen LogP contribution is 2.39. The Kier molecular flexibility index (Phi) is 4.18. The average molecular weight is 350 g/mol. The highest BCUT2D eigenvalue weighted by Gasteiger charge is 2.22. The summed E-state index contributed by atoms with van der Waals surface area (Å²) in [5.74, 6) is 0.578. The van der Waals surface area contributed by atoms with E-state index in [1.165, 1.54) is 39.9 Å². The fraction of sp³-hybridized carbons (Fsp3) is 0.412. The molecule has 2 aromatic rings. The summed E-state index contributed by atoms with van der Waals surface area (Å²) in [4.78, 5) is 1.54. The molecule has 106 valence electrons. The van der Waals surface area contributed by atoms with Crippen molar-refractivity contribution in [2.24, 2.45) is 0 Å². The molecule has 3 rings (SSSR count). The Labute approximate surface area is 133 Å². The van der Waals surface area contributed by atoms with E-state index in [0.717, 1.165) is 0 Å². The Morgan fingerprint density at radius 3 is 2.95 bits per heavy atom. The molecule has 1 unspecified atom stereocenters. The number of aryl methyl sites for hydroxylation is 1. The SMILES string of the molecule is CC(C)c1cccc(NC2CCCc3sc(Br)cc32)c1. The Hall–Kier alpha value is -0.800. The van der Waals surface area contributed by atoms with Gasteiger partial charge in [-0.05, 0) is 70.4 Å². The molecule has 1 N–H and O–H groups in total. The molecule has 0 spiro atoms. The van der Waals surface area contributed by atoms with Crippen molar-refractivity contribution in [1.82, 2.24) is 0 Å². The number of halogens is 1. The minimum atomic E-state index is 0.462. The third-order valence-electron chi connectivity index (χ3n) is 3.98. The van der Waals surface area contributed by atoms with E-state index in [9.17, 15) is 0 Å². The van der Waals surface area contributed by atoms with Gasteiger partial charge in [0.1, 0.15) is 0 Å². The van der Waals surface area contributed by atoms with Gasteiger partial charge in [0.25, 0.3) is 0 Å². The predicted molar refractivity (Wildman–Crippen MR) is 91.9 cm³/mol. The summed E-state index contributed by atoms with van der Waals surface area (Å²) in [5, 5.41) is 3.73. The van der Waals surface area contributed by atoms with Crippen LogP contribution in [0.4, 0.5) is 5.69 Å².